The van der Waals surface area contributed by atoms with Crippen molar-refractivity contribution in [2.24, 2.45) is 0 Å². The van der Waals surface area contributed by atoms with Crippen molar-refractivity contribution in [2.45, 2.75) is 37.5 Å². The number of methoxy groups -OCH3 is 1. The topological polar surface area (TPSA) is 145 Å². The highest BCUT2D eigenvalue weighted by Gasteiger charge is 2.41. The molecule has 2 atom stereocenters. The van der Waals surface area contributed by atoms with Crippen molar-refractivity contribution in [3.63, 3.8) is 0 Å². The SMILES string of the molecule is COc1ncc(-c2cc(C(F)(F)F)c3c(N)ncnn23)cc1C(=O)N[C@@H]1CN(S(=O)(=O)C(C)C)C[C@@H]1F. The number of nitrogens with one attached hydrogen (secondary N) is 1. The number of nitrogen functional groups attached to an aromatic ring is 1. The summed E-state index contributed by atoms with van der Waals surface area (Å²) in [6.07, 6.45) is -4.29. The van der Waals surface area contributed by atoms with Gasteiger partial charge in [0.1, 0.15) is 23.6 Å². The van der Waals surface area contributed by atoms with Gasteiger partial charge in [-0.2, -0.15) is 22.6 Å². The summed E-state index contributed by atoms with van der Waals surface area (Å²) in [7, 11) is -2.52. The molecule has 1 aliphatic heterocycles. The van der Waals surface area contributed by atoms with E-state index >= 15 is 0 Å². The number of hydrogen-bond acceptors (Lipinski definition) is 8. The Morgan fingerprint density at radius 3 is 2.57 bits per heavy atom. The summed E-state index contributed by atoms with van der Waals surface area (Å²) < 4.78 is 87.5. The fraction of sp³-hybridized carbons (Fsp3) is 0.429. The molecule has 4 heterocycles. The van der Waals surface area contributed by atoms with Crippen molar-refractivity contribution >= 4 is 27.3 Å². The Kier molecular flexibility index (Phi) is 6.74. The van der Waals surface area contributed by atoms with Gasteiger partial charge in [0.05, 0.1) is 29.7 Å². The number of aromatic nitrogens is 4. The summed E-state index contributed by atoms with van der Waals surface area (Å²) in [5, 5.41) is 5.53. The average molecular weight is 546 g/mol. The van der Waals surface area contributed by atoms with E-state index in [1.54, 1.807) is 0 Å². The van der Waals surface area contributed by atoms with Gasteiger partial charge in [0, 0.05) is 24.8 Å². The Balaban J connectivity index is 1.70. The number of nitrogens with zero attached hydrogens (tertiary/aromatic N) is 5. The number of fused-ring (bicyclic) bond motifs is 1. The number of carbonyl (C=O) groups is 1. The standard InChI is InChI=1S/C21H23F4N7O4S/c1-10(2)37(34,35)31-7-14(22)15(8-31)30-19(33)12-4-11(6-27-20(12)36-3)16-5-13(21(23,24)25)17-18(26)28-9-29-32(16)17/h4-6,9-10,14-15H,7-8H2,1-3H3,(H,30,33)(H2,26,28,29)/t14-,15+/m0/s1. The molecule has 3 aromatic rings. The highest BCUT2D eigenvalue weighted by Crippen LogP contribution is 2.39. The van der Waals surface area contributed by atoms with Crippen LogP contribution in [0.4, 0.5) is 23.4 Å². The van der Waals surface area contributed by atoms with Crippen LogP contribution in [0.15, 0.2) is 24.7 Å². The number of nitrogens with two attached hydrogens (primary N) is 1. The van der Waals surface area contributed by atoms with E-state index in [4.69, 9.17) is 10.5 Å². The van der Waals surface area contributed by atoms with E-state index in [1.165, 1.54) is 33.2 Å². The zero-order valence-electron chi connectivity index (χ0n) is 19.8. The fourth-order valence-electron chi connectivity index (χ4n) is 4.03. The van der Waals surface area contributed by atoms with Crippen molar-refractivity contribution in [1.82, 2.24) is 29.2 Å². The van der Waals surface area contributed by atoms with Gasteiger partial charge in [-0.25, -0.2) is 27.3 Å². The second-order valence-electron chi connectivity index (χ2n) is 8.63. The van der Waals surface area contributed by atoms with Gasteiger partial charge in [0.25, 0.3) is 5.91 Å². The largest absolute Gasteiger partial charge is 0.480 e. The number of alkyl halides is 4. The second-order valence-corrected chi connectivity index (χ2v) is 11.1. The molecule has 11 nitrogen and oxygen atoms in total. The minimum absolute atomic E-state index is 0.0572. The minimum Gasteiger partial charge on any atom is -0.480 e. The average Bonchev–Trinajstić information content (AvgIpc) is 3.40. The molecule has 200 valence electrons. The predicted octanol–water partition coefficient (Wildman–Crippen LogP) is 1.89. The van der Waals surface area contributed by atoms with Gasteiger partial charge in [-0.3, -0.25) is 4.79 Å². The van der Waals surface area contributed by atoms with Crippen LogP contribution in [-0.2, 0) is 16.2 Å². The Bertz CT molecular complexity index is 1460. The molecule has 0 aliphatic carbocycles. The second kappa shape index (κ2) is 9.41. The van der Waals surface area contributed by atoms with E-state index in [0.717, 1.165) is 21.2 Å². The lowest BCUT2D eigenvalue weighted by Gasteiger charge is -2.19. The summed E-state index contributed by atoms with van der Waals surface area (Å²) >= 11 is 0. The Labute approximate surface area is 208 Å². The van der Waals surface area contributed by atoms with Crippen LogP contribution in [0.1, 0.15) is 29.8 Å². The molecule has 0 unspecified atom stereocenters. The highest BCUT2D eigenvalue weighted by atomic mass is 32.2. The predicted molar refractivity (Wildman–Crippen MR) is 124 cm³/mol. The molecule has 16 heteroatoms. The number of carbonyl (C=O) groups excluding carboxylic acids is 1. The van der Waals surface area contributed by atoms with Crippen molar-refractivity contribution in [3.8, 4) is 17.1 Å². The normalized spacial score (nSPS) is 19.0. The molecule has 1 amide bonds. The number of sulfonamides is 1. The molecule has 4 rings (SSSR count). The molecule has 0 radical (unpaired) electrons. The number of pyridine rings is 1. The fourth-order valence-corrected chi connectivity index (χ4v) is 5.34. The third-order valence-electron chi connectivity index (χ3n) is 5.96. The first-order valence-electron chi connectivity index (χ1n) is 10.9. The number of halogens is 4. The van der Waals surface area contributed by atoms with Gasteiger partial charge in [0.15, 0.2) is 5.82 Å². The third kappa shape index (κ3) is 4.77. The minimum atomic E-state index is -4.77. The number of amides is 1. The summed E-state index contributed by atoms with van der Waals surface area (Å²) in [4.78, 5) is 20.7. The molecule has 3 N–H and O–H groups in total. The monoisotopic (exact) mass is 545 g/mol. The van der Waals surface area contributed by atoms with Gasteiger partial charge in [-0.1, -0.05) is 0 Å². The van der Waals surface area contributed by atoms with Crippen LogP contribution in [0.3, 0.4) is 0 Å². The maximum Gasteiger partial charge on any atom is 0.418 e. The van der Waals surface area contributed by atoms with E-state index in [0.29, 0.717) is 0 Å². The number of ether oxygens (including phenoxy) is 1. The molecule has 1 saturated heterocycles. The molecule has 0 spiro atoms. The Morgan fingerprint density at radius 1 is 1.24 bits per heavy atom. The molecular formula is C21H23F4N7O4S. The Hall–Kier alpha value is -3.53. The lowest BCUT2D eigenvalue weighted by atomic mass is 10.1. The van der Waals surface area contributed by atoms with Crippen LogP contribution >= 0.6 is 0 Å². The molecule has 0 aromatic carbocycles. The quantitative estimate of drug-likeness (QED) is 0.447. The van der Waals surface area contributed by atoms with Crippen LogP contribution in [0.25, 0.3) is 16.8 Å². The molecule has 3 aromatic heterocycles. The van der Waals surface area contributed by atoms with E-state index in [2.05, 4.69) is 20.4 Å². The van der Waals surface area contributed by atoms with Crippen molar-refractivity contribution < 1.29 is 35.5 Å². The van der Waals surface area contributed by atoms with Crippen LogP contribution < -0.4 is 15.8 Å². The van der Waals surface area contributed by atoms with Crippen molar-refractivity contribution in [2.75, 3.05) is 25.9 Å². The first-order valence-corrected chi connectivity index (χ1v) is 12.4. The molecule has 1 fully saturated rings. The van der Waals surface area contributed by atoms with Crippen LogP contribution in [0.5, 0.6) is 5.88 Å². The molecule has 1 aliphatic rings. The van der Waals surface area contributed by atoms with Gasteiger partial charge < -0.3 is 15.8 Å². The van der Waals surface area contributed by atoms with Crippen molar-refractivity contribution in [3.05, 3.63) is 35.8 Å². The first kappa shape index (κ1) is 26.5. The zero-order chi connectivity index (χ0) is 27.3. The maximum atomic E-state index is 14.7. The first-order chi connectivity index (χ1) is 17.3. The maximum absolute atomic E-state index is 14.7. The number of hydrogen-bond donors (Lipinski definition) is 2. The zero-order valence-corrected chi connectivity index (χ0v) is 20.6. The summed E-state index contributed by atoms with van der Waals surface area (Å²) in [6, 6.07) is 0.855. The number of rotatable bonds is 6. The molecule has 0 bridgehead atoms. The third-order valence-corrected chi connectivity index (χ3v) is 8.17. The van der Waals surface area contributed by atoms with Crippen LogP contribution in [0.2, 0.25) is 0 Å². The van der Waals surface area contributed by atoms with Crippen LogP contribution in [0, 0.1) is 0 Å². The van der Waals surface area contributed by atoms with E-state index in [9.17, 15) is 30.8 Å². The van der Waals surface area contributed by atoms with Gasteiger partial charge in [-0.15, -0.1) is 0 Å². The Morgan fingerprint density at radius 2 is 1.95 bits per heavy atom. The summed E-state index contributed by atoms with van der Waals surface area (Å²) in [5.74, 6) is -1.43. The lowest BCUT2D eigenvalue weighted by molar-refractivity contribution is -0.136. The lowest BCUT2D eigenvalue weighted by Crippen LogP contribution is -2.42. The highest BCUT2D eigenvalue weighted by molar-refractivity contribution is 7.89. The van der Waals surface area contributed by atoms with Crippen LogP contribution in [-0.4, -0.2) is 75.9 Å². The smallest absolute Gasteiger partial charge is 0.418 e. The van der Waals surface area contributed by atoms with Crippen molar-refractivity contribution in [1.29, 1.82) is 0 Å². The molecule has 0 saturated carbocycles. The van der Waals surface area contributed by atoms with Gasteiger partial charge in [-0.05, 0) is 26.0 Å². The van der Waals surface area contributed by atoms with E-state index in [1.807, 2.05) is 0 Å². The van der Waals surface area contributed by atoms with Gasteiger partial charge in [0.2, 0.25) is 15.9 Å². The summed E-state index contributed by atoms with van der Waals surface area (Å²) in [6.45, 7) is 2.23. The van der Waals surface area contributed by atoms with E-state index < -0.39 is 63.0 Å². The number of anilines is 1. The molecular weight excluding hydrogens is 522 g/mol. The van der Waals surface area contributed by atoms with Gasteiger partial charge >= 0.3 is 6.18 Å². The summed E-state index contributed by atoms with van der Waals surface area (Å²) in [5.41, 5.74) is 3.90. The molecule has 37 heavy (non-hydrogen) atoms. The van der Waals surface area contributed by atoms with E-state index in [-0.39, 0.29) is 29.2 Å².